The first-order valence-corrected chi connectivity index (χ1v) is 6.58. The molecule has 20 heavy (non-hydrogen) atoms. The summed E-state index contributed by atoms with van der Waals surface area (Å²) in [6.45, 7) is 1.41. The van der Waals surface area contributed by atoms with Crippen molar-refractivity contribution < 1.29 is 4.39 Å². The standard InChI is InChI=1S/C16H14ClFN2/c1-20(10-12-2-5-15(17)6-3-12)11-13-4-7-16(18)14(8-13)9-19/h2-8H,10-11H2,1H3. The summed E-state index contributed by atoms with van der Waals surface area (Å²) in [6, 6.07) is 14.2. The predicted octanol–water partition coefficient (Wildman–Crippen LogP) is 3.98. The van der Waals surface area contributed by atoms with Gasteiger partial charge in [0.25, 0.3) is 0 Å². The fourth-order valence-corrected chi connectivity index (χ4v) is 2.15. The lowest BCUT2D eigenvalue weighted by molar-refractivity contribution is 0.319. The molecule has 2 nitrogen and oxygen atoms in total. The molecule has 2 rings (SSSR count). The summed E-state index contributed by atoms with van der Waals surface area (Å²) in [5.74, 6) is -0.475. The van der Waals surface area contributed by atoms with Crippen LogP contribution in [-0.4, -0.2) is 11.9 Å². The zero-order valence-corrected chi connectivity index (χ0v) is 11.9. The van der Waals surface area contributed by atoms with Crippen molar-refractivity contribution in [1.29, 1.82) is 5.26 Å². The lowest BCUT2D eigenvalue weighted by Gasteiger charge is -2.17. The van der Waals surface area contributed by atoms with Crippen LogP contribution in [0.4, 0.5) is 4.39 Å². The molecule has 4 heteroatoms. The van der Waals surface area contributed by atoms with Gasteiger partial charge in [-0.05, 0) is 42.4 Å². The topological polar surface area (TPSA) is 27.0 Å². The highest BCUT2D eigenvalue weighted by atomic mass is 35.5. The monoisotopic (exact) mass is 288 g/mol. The molecule has 0 aromatic heterocycles. The average molecular weight is 289 g/mol. The van der Waals surface area contributed by atoms with Crippen molar-refractivity contribution in [1.82, 2.24) is 4.90 Å². The van der Waals surface area contributed by atoms with E-state index in [0.29, 0.717) is 11.6 Å². The van der Waals surface area contributed by atoms with E-state index >= 15 is 0 Å². The van der Waals surface area contributed by atoms with E-state index in [4.69, 9.17) is 16.9 Å². The Hall–Kier alpha value is -1.89. The average Bonchev–Trinajstić information content (AvgIpc) is 2.43. The van der Waals surface area contributed by atoms with Gasteiger partial charge in [0.1, 0.15) is 11.9 Å². The second-order valence-corrected chi connectivity index (χ2v) is 5.16. The summed E-state index contributed by atoms with van der Waals surface area (Å²) in [5, 5.41) is 9.54. The van der Waals surface area contributed by atoms with Crippen molar-refractivity contribution in [3.8, 4) is 6.07 Å². The highest BCUT2D eigenvalue weighted by molar-refractivity contribution is 6.30. The Morgan fingerprint density at radius 3 is 2.35 bits per heavy atom. The summed E-state index contributed by atoms with van der Waals surface area (Å²) < 4.78 is 13.2. The Balaban J connectivity index is 2.03. The maximum atomic E-state index is 13.2. The maximum absolute atomic E-state index is 13.2. The van der Waals surface area contributed by atoms with Crippen LogP contribution in [0.2, 0.25) is 5.02 Å². The fourth-order valence-electron chi connectivity index (χ4n) is 2.03. The minimum absolute atomic E-state index is 0.0855. The van der Waals surface area contributed by atoms with Crippen LogP contribution < -0.4 is 0 Å². The first-order valence-electron chi connectivity index (χ1n) is 6.20. The zero-order chi connectivity index (χ0) is 14.5. The summed E-state index contributed by atoms with van der Waals surface area (Å²) in [6.07, 6.45) is 0. The number of rotatable bonds is 4. The van der Waals surface area contributed by atoms with Crippen molar-refractivity contribution in [2.24, 2.45) is 0 Å². The van der Waals surface area contributed by atoms with Gasteiger partial charge >= 0.3 is 0 Å². The molecule has 0 saturated carbocycles. The van der Waals surface area contributed by atoms with Crippen molar-refractivity contribution in [2.75, 3.05) is 7.05 Å². The molecule has 0 radical (unpaired) electrons. The Morgan fingerprint density at radius 1 is 1.10 bits per heavy atom. The van der Waals surface area contributed by atoms with Gasteiger partial charge in [0, 0.05) is 18.1 Å². The molecule has 0 saturated heterocycles. The molecular weight excluding hydrogens is 275 g/mol. The highest BCUT2D eigenvalue weighted by Gasteiger charge is 2.06. The molecular formula is C16H14ClFN2. The van der Waals surface area contributed by atoms with E-state index in [1.165, 1.54) is 6.07 Å². The van der Waals surface area contributed by atoms with Crippen molar-refractivity contribution in [3.63, 3.8) is 0 Å². The maximum Gasteiger partial charge on any atom is 0.140 e. The van der Waals surface area contributed by atoms with E-state index in [2.05, 4.69) is 4.90 Å². The normalized spacial score (nSPS) is 10.6. The van der Waals surface area contributed by atoms with Gasteiger partial charge in [-0.2, -0.15) is 5.26 Å². The van der Waals surface area contributed by atoms with E-state index in [0.717, 1.165) is 17.7 Å². The minimum Gasteiger partial charge on any atom is -0.298 e. The third-order valence-corrected chi connectivity index (χ3v) is 3.22. The van der Waals surface area contributed by atoms with Crippen molar-refractivity contribution >= 4 is 11.6 Å². The summed E-state index contributed by atoms with van der Waals surface area (Å²) >= 11 is 5.85. The van der Waals surface area contributed by atoms with E-state index in [-0.39, 0.29) is 5.56 Å². The minimum atomic E-state index is -0.475. The van der Waals surface area contributed by atoms with Crippen LogP contribution in [0.1, 0.15) is 16.7 Å². The quantitative estimate of drug-likeness (QED) is 0.851. The van der Waals surface area contributed by atoms with Crippen LogP contribution in [0.5, 0.6) is 0 Å². The Bertz CT molecular complexity index is 632. The van der Waals surface area contributed by atoms with E-state index in [1.54, 1.807) is 12.1 Å². The van der Waals surface area contributed by atoms with Gasteiger partial charge in [0.15, 0.2) is 0 Å². The van der Waals surface area contributed by atoms with Gasteiger partial charge in [0.2, 0.25) is 0 Å². The summed E-state index contributed by atoms with van der Waals surface area (Å²) in [7, 11) is 1.98. The summed E-state index contributed by atoms with van der Waals surface area (Å²) in [4.78, 5) is 2.09. The molecule has 0 amide bonds. The van der Waals surface area contributed by atoms with Gasteiger partial charge in [-0.1, -0.05) is 29.8 Å². The first kappa shape index (κ1) is 14.5. The highest BCUT2D eigenvalue weighted by Crippen LogP contribution is 2.14. The van der Waals surface area contributed by atoms with Crippen LogP contribution >= 0.6 is 11.6 Å². The Labute approximate surface area is 123 Å². The number of nitrogens with zero attached hydrogens (tertiary/aromatic N) is 2. The molecule has 0 N–H and O–H groups in total. The SMILES string of the molecule is CN(Cc1ccc(Cl)cc1)Cc1ccc(F)c(C#N)c1. The lowest BCUT2D eigenvalue weighted by Crippen LogP contribution is -2.17. The Morgan fingerprint density at radius 2 is 1.70 bits per heavy atom. The lowest BCUT2D eigenvalue weighted by atomic mass is 10.1. The van der Waals surface area contributed by atoms with Crippen LogP contribution in [-0.2, 0) is 13.1 Å². The van der Waals surface area contributed by atoms with Crippen LogP contribution in [0.15, 0.2) is 42.5 Å². The van der Waals surface area contributed by atoms with Crippen molar-refractivity contribution in [3.05, 3.63) is 70.0 Å². The van der Waals surface area contributed by atoms with Gasteiger partial charge < -0.3 is 0 Å². The van der Waals surface area contributed by atoms with Gasteiger partial charge in [-0.3, -0.25) is 4.90 Å². The molecule has 0 spiro atoms. The number of nitriles is 1. The summed E-state index contributed by atoms with van der Waals surface area (Å²) in [5.41, 5.74) is 2.15. The number of halogens is 2. The molecule has 0 aliphatic carbocycles. The first-order chi connectivity index (χ1) is 9.58. The molecule has 102 valence electrons. The largest absolute Gasteiger partial charge is 0.298 e. The van der Waals surface area contributed by atoms with Crippen molar-refractivity contribution in [2.45, 2.75) is 13.1 Å². The second kappa shape index (κ2) is 6.51. The fraction of sp³-hybridized carbons (Fsp3) is 0.188. The molecule has 2 aromatic rings. The third kappa shape index (κ3) is 3.80. The van der Waals surface area contributed by atoms with Gasteiger partial charge in [0.05, 0.1) is 5.56 Å². The molecule has 2 aromatic carbocycles. The molecule has 0 unspecified atom stereocenters. The predicted molar refractivity (Wildman–Crippen MR) is 77.7 cm³/mol. The van der Waals surface area contributed by atoms with Crippen LogP contribution in [0.3, 0.4) is 0 Å². The smallest absolute Gasteiger partial charge is 0.140 e. The number of hydrogen-bond donors (Lipinski definition) is 0. The second-order valence-electron chi connectivity index (χ2n) is 4.72. The van der Waals surface area contributed by atoms with Gasteiger partial charge in [-0.25, -0.2) is 4.39 Å². The van der Waals surface area contributed by atoms with Gasteiger partial charge in [-0.15, -0.1) is 0 Å². The van der Waals surface area contributed by atoms with E-state index in [1.807, 2.05) is 37.4 Å². The Kier molecular flexibility index (Phi) is 4.73. The molecule has 0 bridgehead atoms. The number of hydrogen-bond acceptors (Lipinski definition) is 2. The third-order valence-electron chi connectivity index (χ3n) is 2.97. The molecule has 0 aliphatic rings. The molecule has 0 fully saturated rings. The molecule has 0 aliphatic heterocycles. The van der Waals surface area contributed by atoms with E-state index in [9.17, 15) is 4.39 Å². The molecule has 0 atom stereocenters. The van der Waals surface area contributed by atoms with E-state index < -0.39 is 5.82 Å². The zero-order valence-electron chi connectivity index (χ0n) is 11.1. The van der Waals surface area contributed by atoms with Crippen LogP contribution in [0.25, 0.3) is 0 Å². The molecule has 0 heterocycles. The number of benzene rings is 2. The van der Waals surface area contributed by atoms with Crippen LogP contribution in [0, 0.1) is 17.1 Å².